The van der Waals surface area contributed by atoms with Crippen LogP contribution in [-0.2, 0) is 4.79 Å². The molecule has 0 aliphatic carbocycles. The third kappa shape index (κ3) is 5.59. The lowest BCUT2D eigenvalue weighted by Crippen LogP contribution is -2.34. The molecule has 0 aromatic carbocycles. The minimum absolute atomic E-state index is 0.0590. The van der Waals surface area contributed by atoms with E-state index in [1.54, 1.807) is 0 Å². The molecule has 1 N–H and O–H groups in total. The second kappa shape index (κ2) is 8.67. The van der Waals surface area contributed by atoms with E-state index in [-0.39, 0.29) is 43.4 Å². The van der Waals surface area contributed by atoms with E-state index in [1.165, 1.54) is 17.0 Å². The van der Waals surface area contributed by atoms with E-state index in [0.29, 0.717) is 5.09 Å². The molecule has 1 amide bonds. The minimum Gasteiger partial charge on any atom is -0.475 e. The molecule has 1 aromatic heterocycles. The summed E-state index contributed by atoms with van der Waals surface area (Å²) in [6.45, 7) is 0.548. The van der Waals surface area contributed by atoms with Crippen molar-refractivity contribution in [2.75, 3.05) is 18.8 Å². The highest BCUT2D eigenvalue weighted by atomic mass is 32.2. The van der Waals surface area contributed by atoms with Crippen LogP contribution < -0.4 is 0 Å². The van der Waals surface area contributed by atoms with Gasteiger partial charge in [-0.15, -0.1) is 0 Å². The van der Waals surface area contributed by atoms with Gasteiger partial charge >= 0.3 is 5.97 Å². The van der Waals surface area contributed by atoms with Crippen LogP contribution in [0.2, 0.25) is 0 Å². The van der Waals surface area contributed by atoms with Gasteiger partial charge in [0, 0.05) is 13.1 Å². The van der Waals surface area contributed by atoms with Crippen molar-refractivity contribution in [2.24, 2.45) is 0 Å². The van der Waals surface area contributed by atoms with Crippen molar-refractivity contribution >= 4 is 23.6 Å². The van der Waals surface area contributed by atoms with Crippen molar-refractivity contribution in [3.8, 4) is 12.1 Å². The van der Waals surface area contributed by atoms with E-state index >= 15 is 0 Å². The Hall–Kier alpha value is -2.45. The second-order valence-corrected chi connectivity index (χ2v) is 4.89. The summed E-state index contributed by atoms with van der Waals surface area (Å²) in [7, 11) is 0. The Morgan fingerprint density at radius 3 is 2.33 bits per heavy atom. The molecule has 8 heteroatoms. The molecule has 7 nitrogen and oxygen atoms in total. The molecule has 1 rings (SSSR count). The van der Waals surface area contributed by atoms with Crippen molar-refractivity contribution in [1.82, 2.24) is 4.90 Å². The number of carbonyl (C=O) groups is 2. The van der Waals surface area contributed by atoms with Crippen molar-refractivity contribution in [3.05, 3.63) is 17.9 Å². The molecule has 0 saturated heterocycles. The van der Waals surface area contributed by atoms with Gasteiger partial charge in [0.1, 0.15) is 0 Å². The first-order chi connectivity index (χ1) is 10.1. The number of carbonyl (C=O) groups excluding carboxylic acids is 1. The summed E-state index contributed by atoms with van der Waals surface area (Å²) in [5.74, 6) is -1.52. The van der Waals surface area contributed by atoms with Crippen LogP contribution in [0.3, 0.4) is 0 Å². The van der Waals surface area contributed by atoms with E-state index in [1.807, 2.05) is 12.1 Å². The van der Waals surface area contributed by atoms with E-state index in [9.17, 15) is 9.59 Å². The van der Waals surface area contributed by atoms with E-state index in [0.717, 1.165) is 11.8 Å². The Bertz CT molecular complexity index is 567. The molecule has 0 saturated carbocycles. The monoisotopic (exact) mass is 307 g/mol. The summed E-state index contributed by atoms with van der Waals surface area (Å²) < 4.78 is 5.03. The number of aromatic carboxylic acids is 1. The predicted octanol–water partition coefficient (Wildman–Crippen LogP) is 1.73. The van der Waals surface area contributed by atoms with Gasteiger partial charge in [-0.05, 0) is 12.1 Å². The third-order valence-electron chi connectivity index (χ3n) is 2.47. The molecule has 0 aliphatic heterocycles. The van der Waals surface area contributed by atoms with Crippen LogP contribution in [0, 0.1) is 22.7 Å². The highest BCUT2D eigenvalue weighted by Gasteiger charge is 2.15. The smallest absolute Gasteiger partial charge is 0.371 e. The van der Waals surface area contributed by atoms with Crippen molar-refractivity contribution in [2.45, 2.75) is 17.9 Å². The average molecular weight is 307 g/mol. The van der Waals surface area contributed by atoms with Crippen LogP contribution in [0.5, 0.6) is 0 Å². The maximum Gasteiger partial charge on any atom is 0.371 e. The number of hydrogen-bond donors (Lipinski definition) is 1. The fourth-order valence-electron chi connectivity index (χ4n) is 1.47. The number of amides is 1. The zero-order valence-electron chi connectivity index (χ0n) is 11.1. The van der Waals surface area contributed by atoms with Crippen molar-refractivity contribution in [1.29, 1.82) is 10.5 Å². The first kappa shape index (κ1) is 16.6. The zero-order chi connectivity index (χ0) is 15.7. The first-order valence-corrected chi connectivity index (χ1v) is 7.04. The van der Waals surface area contributed by atoms with Crippen LogP contribution in [0.25, 0.3) is 0 Å². The molecule has 21 heavy (non-hydrogen) atoms. The fourth-order valence-corrected chi connectivity index (χ4v) is 2.23. The van der Waals surface area contributed by atoms with E-state index < -0.39 is 5.97 Å². The maximum atomic E-state index is 12.0. The van der Waals surface area contributed by atoms with E-state index in [2.05, 4.69) is 0 Å². The number of carboxylic acids is 1. The van der Waals surface area contributed by atoms with Crippen LogP contribution >= 0.6 is 11.8 Å². The second-order valence-electron chi connectivity index (χ2n) is 3.91. The lowest BCUT2D eigenvalue weighted by atomic mass is 10.3. The molecule has 0 spiro atoms. The Balaban J connectivity index is 2.53. The first-order valence-electron chi connectivity index (χ1n) is 6.06. The molecule has 0 aliphatic rings. The molecule has 0 bridgehead atoms. The number of thioether (sulfide) groups is 1. The van der Waals surface area contributed by atoms with Crippen LogP contribution in [0.15, 0.2) is 21.6 Å². The van der Waals surface area contributed by atoms with Crippen LogP contribution in [0.4, 0.5) is 0 Å². The molecular weight excluding hydrogens is 294 g/mol. The average Bonchev–Trinajstić information content (AvgIpc) is 2.94. The highest BCUT2D eigenvalue weighted by molar-refractivity contribution is 7.99. The Labute approximate surface area is 125 Å². The summed E-state index contributed by atoms with van der Waals surface area (Å²) in [6.07, 6.45) is 0.400. The quantitative estimate of drug-likeness (QED) is 0.726. The highest BCUT2D eigenvalue weighted by Crippen LogP contribution is 2.21. The summed E-state index contributed by atoms with van der Waals surface area (Å²) in [5.41, 5.74) is 0. The Kier molecular flexibility index (Phi) is 6.85. The molecule has 0 unspecified atom stereocenters. The molecular formula is C13H13N3O4S. The normalized spacial score (nSPS) is 9.62. The SMILES string of the molecule is N#CCCN(CCC#N)C(=O)CSc1ccc(C(=O)O)o1. The van der Waals surface area contributed by atoms with Crippen LogP contribution in [-0.4, -0.2) is 40.7 Å². The van der Waals surface area contributed by atoms with Gasteiger partial charge < -0.3 is 14.4 Å². The van der Waals surface area contributed by atoms with Gasteiger partial charge in [-0.1, -0.05) is 11.8 Å². The zero-order valence-corrected chi connectivity index (χ0v) is 11.9. The van der Waals surface area contributed by atoms with Crippen LogP contribution in [0.1, 0.15) is 23.4 Å². The largest absolute Gasteiger partial charge is 0.475 e. The van der Waals surface area contributed by atoms with Crippen molar-refractivity contribution < 1.29 is 19.1 Å². The molecule has 0 radical (unpaired) electrons. The lowest BCUT2D eigenvalue weighted by molar-refractivity contribution is -0.128. The van der Waals surface area contributed by atoms with Gasteiger partial charge in [0.05, 0.1) is 30.7 Å². The Morgan fingerprint density at radius 1 is 1.24 bits per heavy atom. The number of rotatable bonds is 8. The standard InChI is InChI=1S/C13H13N3O4S/c14-5-1-7-16(8-2-6-15)11(17)9-21-12-4-3-10(20-12)13(18)19/h3-4H,1-2,7-9H2,(H,18,19). The lowest BCUT2D eigenvalue weighted by Gasteiger charge is -2.19. The van der Waals surface area contributed by atoms with Gasteiger partial charge in [-0.25, -0.2) is 4.79 Å². The summed E-state index contributed by atoms with van der Waals surface area (Å²) >= 11 is 1.07. The number of nitriles is 2. The van der Waals surface area contributed by atoms with Gasteiger partial charge in [-0.3, -0.25) is 4.79 Å². The number of hydrogen-bond acceptors (Lipinski definition) is 6. The van der Waals surface area contributed by atoms with Gasteiger partial charge in [0.2, 0.25) is 11.7 Å². The fraction of sp³-hybridized carbons (Fsp3) is 0.385. The molecule has 0 atom stereocenters. The summed E-state index contributed by atoms with van der Waals surface area (Å²) in [6, 6.07) is 6.70. The van der Waals surface area contributed by atoms with E-state index in [4.69, 9.17) is 20.0 Å². The molecule has 110 valence electrons. The van der Waals surface area contributed by atoms with Crippen molar-refractivity contribution in [3.63, 3.8) is 0 Å². The van der Waals surface area contributed by atoms with Gasteiger partial charge in [0.25, 0.3) is 0 Å². The predicted molar refractivity (Wildman–Crippen MR) is 73.4 cm³/mol. The Morgan fingerprint density at radius 2 is 1.86 bits per heavy atom. The topological polar surface area (TPSA) is 118 Å². The summed E-state index contributed by atoms with van der Waals surface area (Å²) in [4.78, 5) is 24.1. The van der Waals surface area contributed by atoms with Gasteiger partial charge in [0.15, 0.2) is 5.09 Å². The summed E-state index contributed by atoms with van der Waals surface area (Å²) in [5, 5.41) is 26.2. The number of carboxylic acid groups (broad SMARTS) is 1. The number of furan rings is 1. The minimum atomic E-state index is -1.17. The molecule has 1 heterocycles. The third-order valence-corrected chi connectivity index (χ3v) is 3.37. The van der Waals surface area contributed by atoms with Gasteiger partial charge in [-0.2, -0.15) is 10.5 Å². The molecule has 0 fully saturated rings. The number of nitrogens with zero attached hydrogens (tertiary/aromatic N) is 3. The molecule has 1 aromatic rings. The maximum absolute atomic E-state index is 12.0.